The van der Waals surface area contributed by atoms with E-state index in [1.807, 2.05) is 30.5 Å². The fraction of sp³-hybridized carbons (Fsp3) is 0.0667. The lowest BCUT2D eigenvalue weighted by atomic mass is 10.2. The number of nitrogens with zero attached hydrogens (tertiary/aromatic N) is 1. The minimum Gasteiger partial charge on any atom is -0.489 e. The predicted molar refractivity (Wildman–Crippen MR) is 80.7 cm³/mol. The number of benzene rings is 2. The van der Waals surface area contributed by atoms with Gasteiger partial charge in [0.1, 0.15) is 12.4 Å². The van der Waals surface area contributed by atoms with Crippen LogP contribution in [0, 0.1) is 10.1 Å². The van der Waals surface area contributed by atoms with E-state index in [2.05, 4.69) is 4.98 Å². The molecule has 0 aliphatic carbocycles. The van der Waals surface area contributed by atoms with Gasteiger partial charge in [0.05, 0.1) is 10.5 Å². The van der Waals surface area contributed by atoms with Gasteiger partial charge in [0.25, 0.3) is 5.69 Å². The number of ether oxygens (including phenoxy) is 1. The number of nitro benzene ring substituents is 1. The molecule has 0 fully saturated rings. The number of aromatic nitrogens is 1. The summed E-state index contributed by atoms with van der Waals surface area (Å²) in [7, 11) is 0. The van der Waals surface area contributed by atoms with Gasteiger partial charge in [-0.05, 0) is 36.4 Å². The van der Waals surface area contributed by atoms with Gasteiger partial charge in [0, 0.05) is 28.2 Å². The van der Waals surface area contributed by atoms with Crippen LogP contribution in [0.15, 0.2) is 48.7 Å². The first-order valence-electron chi connectivity index (χ1n) is 6.26. The van der Waals surface area contributed by atoms with E-state index in [0.29, 0.717) is 16.3 Å². The molecule has 0 unspecified atom stereocenters. The van der Waals surface area contributed by atoms with E-state index >= 15 is 0 Å². The fourth-order valence-corrected chi connectivity index (χ4v) is 2.28. The molecule has 0 atom stereocenters. The van der Waals surface area contributed by atoms with E-state index in [4.69, 9.17) is 16.3 Å². The van der Waals surface area contributed by atoms with Crippen LogP contribution in [0.5, 0.6) is 5.75 Å². The average Bonchev–Trinajstić information content (AvgIpc) is 2.93. The molecule has 0 saturated carbocycles. The van der Waals surface area contributed by atoms with Crippen LogP contribution in [0.2, 0.25) is 5.02 Å². The minimum atomic E-state index is -0.458. The van der Waals surface area contributed by atoms with Gasteiger partial charge >= 0.3 is 0 Å². The molecule has 0 bridgehead atoms. The molecule has 3 rings (SSSR count). The summed E-state index contributed by atoms with van der Waals surface area (Å²) in [4.78, 5) is 13.6. The van der Waals surface area contributed by atoms with Gasteiger partial charge in [0.2, 0.25) is 0 Å². The van der Waals surface area contributed by atoms with Crippen molar-refractivity contribution in [1.29, 1.82) is 0 Å². The molecule has 0 amide bonds. The molecule has 0 aliphatic rings. The first-order chi connectivity index (χ1) is 10.1. The third-order valence-electron chi connectivity index (χ3n) is 3.16. The maximum absolute atomic E-state index is 11.0. The van der Waals surface area contributed by atoms with Crippen LogP contribution < -0.4 is 4.74 Å². The molecule has 0 radical (unpaired) electrons. The van der Waals surface area contributed by atoms with E-state index in [-0.39, 0.29) is 12.3 Å². The first-order valence-corrected chi connectivity index (χ1v) is 6.64. The van der Waals surface area contributed by atoms with Gasteiger partial charge in [-0.2, -0.15) is 0 Å². The van der Waals surface area contributed by atoms with Crippen LogP contribution in [0.4, 0.5) is 5.69 Å². The maximum Gasteiger partial charge on any atom is 0.277 e. The molecule has 1 heterocycles. The first kappa shape index (κ1) is 13.5. The zero-order valence-electron chi connectivity index (χ0n) is 10.9. The van der Waals surface area contributed by atoms with Gasteiger partial charge in [-0.25, -0.2) is 0 Å². The van der Waals surface area contributed by atoms with Crippen molar-refractivity contribution in [2.24, 2.45) is 0 Å². The average molecular weight is 303 g/mol. The standard InChI is InChI=1S/C15H11ClN2O3/c16-12-2-1-11(15(8-12)18(19)20)9-21-13-3-4-14-10(7-13)5-6-17-14/h1-8,17H,9H2. The number of rotatable bonds is 4. The highest BCUT2D eigenvalue weighted by Gasteiger charge is 2.14. The SMILES string of the molecule is O=[N+]([O-])c1cc(Cl)ccc1COc1ccc2[nH]ccc2c1. The Balaban J connectivity index is 1.82. The van der Waals surface area contributed by atoms with Crippen molar-refractivity contribution < 1.29 is 9.66 Å². The lowest BCUT2D eigenvalue weighted by Gasteiger charge is -2.07. The Kier molecular flexibility index (Phi) is 3.50. The molecule has 5 nitrogen and oxygen atoms in total. The number of nitro groups is 1. The number of halogens is 1. The zero-order chi connectivity index (χ0) is 14.8. The monoisotopic (exact) mass is 302 g/mol. The van der Waals surface area contributed by atoms with E-state index in [1.54, 1.807) is 12.1 Å². The number of hydrogen-bond acceptors (Lipinski definition) is 3. The Morgan fingerprint density at radius 3 is 2.86 bits per heavy atom. The summed E-state index contributed by atoms with van der Waals surface area (Å²) in [5.74, 6) is 0.659. The van der Waals surface area contributed by atoms with Crippen LogP contribution >= 0.6 is 11.6 Å². The summed E-state index contributed by atoms with van der Waals surface area (Å²) in [6.45, 7) is 0.114. The summed E-state index contributed by atoms with van der Waals surface area (Å²) in [6, 6.07) is 12.1. The van der Waals surface area contributed by atoms with E-state index in [1.165, 1.54) is 6.07 Å². The number of nitrogens with one attached hydrogen (secondary N) is 1. The Morgan fingerprint density at radius 2 is 2.05 bits per heavy atom. The Hall–Kier alpha value is -2.53. The largest absolute Gasteiger partial charge is 0.489 e. The van der Waals surface area contributed by atoms with E-state index in [0.717, 1.165) is 10.9 Å². The van der Waals surface area contributed by atoms with Crippen molar-refractivity contribution in [3.05, 3.63) is 69.4 Å². The molecule has 106 valence electrons. The molecule has 1 aromatic heterocycles. The van der Waals surface area contributed by atoms with Crippen LogP contribution in [-0.2, 0) is 6.61 Å². The van der Waals surface area contributed by atoms with Crippen molar-refractivity contribution >= 4 is 28.2 Å². The highest BCUT2D eigenvalue weighted by Crippen LogP contribution is 2.26. The van der Waals surface area contributed by atoms with Crippen LogP contribution in [0.1, 0.15) is 5.56 Å². The number of hydrogen-bond donors (Lipinski definition) is 1. The maximum atomic E-state index is 11.0. The second kappa shape index (κ2) is 5.46. The van der Waals surface area contributed by atoms with Crippen LogP contribution in [-0.4, -0.2) is 9.91 Å². The minimum absolute atomic E-state index is 0.0368. The summed E-state index contributed by atoms with van der Waals surface area (Å²) >= 11 is 5.78. The fourth-order valence-electron chi connectivity index (χ4n) is 2.11. The molecule has 21 heavy (non-hydrogen) atoms. The van der Waals surface area contributed by atoms with Gasteiger partial charge in [-0.1, -0.05) is 11.6 Å². The predicted octanol–water partition coefficient (Wildman–Crippen LogP) is 4.31. The van der Waals surface area contributed by atoms with E-state index < -0.39 is 4.92 Å². The van der Waals surface area contributed by atoms with Crippen molar-refractivity contribution in [2.45, 2.75) is 6.61 Å². The highest BCUT2D eigenvalue weighted by molar-refractivity contribution is 6.30. The molecule has 1 N–H and O–H groups in total. The van der Waals surface area contributed by atoms with Crippen molar-refractivity contribution in [1.82, 2.24) is 4.98 Å². The molecular weight excluding hydrogens is 292 g/mol. The molecule has 0 aliphatic heterocycles. The molecule has 6 heteroatoms. The van der Waals surface area contributed by atoms with E-state index in [9.17, 15) is 10.1 Å². The topological polar surface area (TPSA) is 68.2 Å². The van der Waals surface area contributed by atoms with Crippen molar-refractivity contribution in [3.63, 3.8) is 0 Å². The van der Waals surface area contributed by atoms with Gasteiger partial charge in [-0.15, -0.1) is 0 Å². The second-order valence-electron chi connectivity index (χ2n) is 4.55. The van der Waals surface area contributed by atoms with Crippen molar-refractivity contribution in [3.8, 4) is 5.75 Å². The number of fused-ring (bicyclic) bond motifs is 1. The number of H-pyrrole nitrogens is 1. The lowest BCUT2D eigenvalue weighted by molar-refractivity contribution is -0.385. The number of aromatic amines is 1. The Morgan fingerprint density at radius 1 is 1.19 bits per heavy atom. The summed E-state index contributed by atoms with van der Waals surface area (Å²) < 4.78 is 5.64. The molecular formula is C15H11ClN2O3. The summed E-state index contributed by atoms with van der Waals surface area (Å²) in [5, 5.41) is 12.4. The third kappa shape index (κ3) is 2.83. The Labute approximate surface area is 125 Å². The lowest BCUT2D eigenvalue weighted by Crippen LogP contribution is -2.00. The quantitative estimate of drug-likeness (QED) is 0.577. The van der Waals surface area contributed by atoms with Crippen LogP contribution in [0.3, 0.4) is 0 Å². The highest BCUT2D eigenvalue weighted by atomic mass is 35.5. The molecule has 2 aromatic carbocycles. The van der Waals surface area contributed by atoms with Crippen LogP contribution in [0.25, 0.3) is 10.9 Å². The summed E-state index contributed by atoms with van der Waals surface area (Å²) in [5.41, 5.74) is 1.46. The van der Waals surface area contributed by atoms with Gasteiger partial charge in [-0.3, -0.25) is 10.1 Å². The molecule has 0 spiro atoms. The van der Waals surface area contributed by atoms with Gasteiger partial charge < -0.3 is 9.72 Å². The third-order valence-corrected chi connectivity index (χ3v) is 3.40. The molecule has 0 saturated heterocycles. The second-order valence-corrected chi connectivity index (χ2v) is 4.98. The van der Waals surface area contributed by atoms with Gasteiger partial charge in [0.15, 0.2) is 0 Å². The summed E-state index contributed by atoms with van der Waals surface area (Å²) in [6.07, 6.45) is 1.85. The molecule has 3 aromatic rings. The normalized spacial score (nSPS) is 10.7. The van der Waals surface area contributed by atoms with Crippen molar-refractivity contribution in [2.75, 3.05) is 0 Å². The Bertz CT molecular complexity index is 814. The smallest absolute Gasteiger partial charge is 0.277 e. The zero-order valence-corrected chi connectivity index (χ0v) is 11.6.